The molecule has 1 aromatic rings. The maximum atomic E-state index is 5.69. The molecule has 3 heteroatoms. The molecule has 0 bridgehead atoms. The predicted molar refractivity (Wildman–Crippen MR) is 73.9 cm³/mol. The van der Waals surface area contributed by atoms with E-state index in [4.69, 9.17) is 9.47 Å². The highest BCUT2D eigenvalue weighted by Gasteiger charge is 2.10. The van der Waals surface area contributed by atoms with Crippen molar-refractivity contribution in [1.29, 1.82) is 0 Å². The average Bonchev–Trinajstić information content (AvgIpc) is 2.37. The van der Waals surface area contributed by atoms with Gasteiger partial charge in [0, 0.05) is 18.2 Å². The standard InChI is InChI=1S/C15H21NO2/c1-5-6-10-18-15-13(11-16-12(2)3)8-7-9-14(15)17-4/h7-9,12,16H,10-11H2,1-4H3. The molecule has 0 heterocycles. The van der Waals surface area contributed by atoms with Gasteiger partial charge < -0.3 is 14.8 Å². The van der Waals surface area contributed by atoms with Crippen molar-refractivity contribution < 1.29 is 9.47 Å². The molecule has 0 spiro atoms. The van der Waals surface area contributed by atoms with E-state index in [0.717, 1.165) is 23.6 Å². The van der Waals surface area contributed by atoms with Crippen LogP contribution in [0.1, 0.15) is 26.3 Å². The maximum absolute atomic E-state index is 5.69. The number of rotatable bonds is 6. The van der Waals surface area contributed by atoms with Crippen LogP contribution < -0.4 is 14.8 Å². The third kappa shape index (κ3) is 4.31. The Morgan fingerprint density at radius 3 is 2.72 bits per heavy atom. The molecule has 0 fully saturated rings. The number of ether oxygens (including phenoxy) is 2. The molecular formula is C15H21NO2. The largest absolute Gasteiger partial charge is 0.493 e. The average molecular weight is 247 g/mol. The van der Waals surface area contributed by atoms with Gasteiger partial charge >= 0.3 is 0 Å². The van der Waals surface area contributed by atoms with Crippen LogP contribution in [0.15, 0.2) is 18.2 Å². The van der Waals surface area contributed by atoms with E-state index < -0.39 is 0 Å². The van der Waals surface area contributed by atoms with Crippen LogP contribution in [0.3, 0.4) is 0 Å². The van der Waals surface area contributed by atoms with E-state index in [1.807, 2.05) is 18.2 Å². The van der Waals surface area contributed by atoms with Crippen LogP contribution in [0.2, 0.25) is 0 Å². The molecule has 0 radical (unpaired) electrons. The molecule has 1 rings (SSSR count). The highest BCUT2D eigenvalue weighted by molar-refractivity contribution is 5.46. The van der Waals surface area contributed by atoms with Gasteiger partial charge in [-0.25, -0.2) is 0 Å². The molecule has 0 amide bonds. The molecule has 0 unspecified atom stereocenters. The first-order chi connectivity index (χ1) is 8.69. The van der Waals surface area contributed by atoms with Crippen LogP contribution in [0.5, 0.6) is 11.5 Å². The van der Waals surface area contributed by atoms with E-state index in [-0.39, 0.29) is 0 Å². The number of hydrogen-bond acceptors (Lipinski definition) is 3. The van der Waals surface area contributed by atoms with Crippen molar-refractivity contribution in [1.82, 2.24) is 5.32 Å². The number of para-hydroxylation sites is 1. The molecule has 0 atom stereocenters. The zero-order chi connectivity index (χ0) is 13.4. The second-order valence-corrected chi connectivity index (χ2v) is 4.20. The fraction of sp³-hybridized carbons (Fsp3) is 0.467. The van der Waals surface area contributed by atoms with Crippen LogP contribution in [0, 0.1) is 11.8 Å². The molecule has 0 saturated heterocycles. The van der Waals surface area contributed by atoms with Crippen LogP contribution in [-0.2, 0) is 6.54 Å². The van der Waals surface area contributed by atoms with Gasteiger partial charge in [0.15, 0.2) is 11.5 Å². The molecule has 0 aliphatic rings. The smallest absolute Gasteiger partial charge is 0.167 e. The lowest BCUT2D eigenvalue weighted by atomic mass is 10.1. The van der Waals surface area contributed by atoms with Crippen molar-refractivity contribution in [2.45, 2.75) is 33.4 Å². The molecule has 0 aliphatic heterocycles. The Kier molecular flexibility index (Phi) is 6.10. The minimum atomic E-state index is 0.381. The Bertz CT molecular complexity index is 430. The molecule has 1 aromatic carbocycles. The lowest BCUT2D eigenvalue weighted by molar-refractivity contribution is 0.326. The van der Waals surface area contributed by atoms with E-state index in [0.29, 0.717) is 12.6 Å². The number of benzene rings is 1. The van der Waals surface area contributed by atoms with Gasteiger partial charge in [0.05, 0.1) is 7.11 Å². The van der Waals surface area contributed by atoms with Gasteiger partial charge in [-0.15, -0.1) is 5.92 Å². The van der Waals surface area contributed by atoms with E-state index in [1.54, 1.807) is 14.0 Å². The minimum Gasteiger partial charge on any atom is -0.493 e. The van der Waals surface area contributed by atoms with Crippen molar-refractivity contribution in [2.24, 2.45) is 0 Å². The maximum Gasteiger partial charge on any atom is 0.167 e. The lowest BCUT2D eigenvalue weighted by Crippen LogP contribution is -2.22. The van der Waals surface area contributed by atoms with Crippen LogP contribution in [0.4, 0.5) is 0 Å². The van der Waals surface area contributed by atoms with Gasteiger partial charge in [0.2, 0.25) is 0 Å². The van der Waals surface area contributed by atoms with Crippen molar-refractivity contribution >= 4 is 0 Å². The third-order valence-corrected chi connectivity index (χ3v) is 2.45. The van der Waals surface area contributed by atoms with Crippen LogP contribution >= 0.6 is 0 Å². The molecule has 0 saturated carbocycles. The number of methoxy groups -OCH3 is 1. The molecular weight excluding hydrogens is 226 g/mol. The number of nitrogens with one attached hydrogen (secondary N) is 1. The number of hydrogen-bond donors (Lipinski definition) is 1. The first-order valence-electron chi connectivity index (χ1n) is 6.10. The normalized spacial score (nSPS) is 9.83. The Balaban J connectivity index is 2.87. The Morgan fingerprint density at radius 2 is 2.11 bits per heavy atom. The summed E-state index contributed by atoms with van der Waals surface area (Å²) >= 11 is 0. The topological polar surface area (TPSA) is 30.5 Å². The molecule has 98 valence electrons. The first kappa shape index (κ1) is 14.4. The van der Waals surface area contributed by atoms with Crippen molar-refractivity contribution in [2.75, 3.05) is 13.7 Å². The predicted octanol–water partition coefficient (Wildman–Crippen LogP) is 2.60. The Morgan fingerprint density at radius 1 is 1.33 bits per heavy atom. The van der Waals surface area contributed by atoms with Gasteiger partial charge in [0.25, 0.3) is 0 Å². The van der Waals surface area contributed by atoms with Gasteiger partial charge in [-0.05, 0) is 13.0 Å². The van der Waals surface area contributed by atoms with Crippen molar-refractivity contribution in [3.63, 3.8) is 0 Å². The highest BCUT2D eigenvalue weighted by Crippen LogP contribution is 2.30. The SMILES string of the molecule is CC#CCOc1c(CNC(C)C)cccc1OC. The summed E-state index contributed by atoms with van der Waals surface area (Å²) in [6.45, 7) is 7.16. The summed E-state index contributed by atoms with van der Waals surface area (Å²) in [4.78, 5) is 0. The van der Waals surface area contributed by atoms with E-state index >= 15 is 0 Å². The summed E-state index contributed by atoms with van der Waals surface area (Å²) in [5.41, 5.74) is 1.08. The van der Waals surface area contributed by atoms with Crippen LogP contribution in [0.25, 0.3) is 0 Å². The van der Waals surface area contributed by atoms with E-state index in [2.05, 4.69) is 31.0 Å². The van der Waals surface area contributed by atoms with E-state index in [1.165, 1.54) is 0 Å². The molecule has 0 aliphatic carbocycles. The summed E-state index contributed by atoms with van der Waals surface area (Å²) in [6, 6.07) is 6.33. The van der Waals surface area contributed by atoms with Gasteiger partial charge in [-0.2, -0.15) is 0 Å². The first-order valence-corrected chi connectivity index (χ1v) is 6.10. The second kappa shape index (κ2) is 7.62. The van der Waals surface area contributed by atoms with Gasteiger partial charge in [-0.1, -0.05) is 31.9 Å². The van der Waals surface area contributed by atoms with Gasteiger partial charge in [0.1, 0.15) is 6.61 Å². The molecule has 18 heavy (non-hydrogen) atoms. The fourth-order valence-electron chi connectivity index (χ4n) is 1.52. The lowest BCUT2D eigenvalue weighted by Gasteiger charge is -2.15. The molecule has 0 aromatic heterocycles. The summed E-state index contributed by atoms with van der Waals surface area (Å²) in [5, 5.41) is 3.37. The summed E-state index contributed by atoms with van der Waals surface area (Å²) in [7, 11) is 1.65. The fourth-order valence-corrected chi connectivity index (χ4v) is 1.52. The van der Waals surface area contributed by atoms with Gasteiger partial charge in [-0.3, -0.25) is 0 Å². The minimum absolute atomic E-state index is 0.381. The zero-order valence-electron chi connectivity index (χ0n) is 11.5. The van der Waals surface area contributed by atoms with Crippen molar-refractivity contribution in [3.8, 4) is 23.3 Å². The zero-order valence-corrected chi connectivity index (χ0v) is 11.5. The monoisotopic (exact) mass is 247 g/mol. The highest BCUT2D eigenvalue weighted by atomic mass is 16.5. The second-order valence-electron chi connectivity index (χ2n) is 4.20. The van der Waals surface area contributed by atoms with E-state index in [9.17, 15) is 0 Å². The summed E-state index contributed by atoms with van der Waals surface area (Å²) in [5.74, 6) is 7.23. The summed E-state index contributed by atoms with van der Waals surface area (Å²) < 4.78 is 11.0. The molecule has 1 N–H and O–H groups in total. The van der Waals surface area contributed by atoms with Crippen LogP contribution in [-0.4, -0.2) is 19.8 Å². The third-order valence-electron chi connectivity index (χ3n) is 2.45. The Labute approximate surface area is 109 Å². The Hall–Kier alpha value is -1.66. The molecule has 3 nitrogen and oxygen atoms in total. The van der Waals surface area contributed by atoms with Crippen molar-refractivity contribution in [3.05, 3.63) is 23.8 Å². The quantitative estimate of drug-likeness (QED) is 0.784. The summed E-state index contributed by atoms with van der Waals surface area (Å²) in [6.07, 6.45) is 0.